The van der Waals surface area contributed by atoms with Gasteiger partial charge in [-0.15, -0.1) is 0 Å². The number of rotatable bonds is 5. The van der Waals surface area contributed by atoms with Crippen LogP contribution in [0.3, 0.4) is 0 Å². The first kappa shape index (κ1) is 26.3. The quantitative estimate of drug-likeness (QED) is 0.450. The van der Waals surface area contributed by atoms with E-state index in [9.17, 15) is 29.1 Å². The molecule has 1 spiro atoms. The average Bonchev–Trinajstić information content (AvgIpc) is 3.18. The number of benzene rings is 2. The number of nitrogens with one attached hydrogen (secondary N) is 2. The van der Waals surface area contributed by atoms with Crippen LogP contribution in [0.5, 0.6) is 0 Å². The summed E-state index contributed by atoms with van der Waals surface area (Å²) in [6.07, 6.45) is 4.18. The molecule has 9 heteroatoms. The number of anilines is 1. The van der Waals surface area contributed by atoms with Crippen LogP contribution in [-0.4, -0.2) is 64.9 Å². The van der Waals surface area contributed by atoms with Gasteiger partial charge in [0.2, 0.25) is 5.91 Å². The number of aliphatic hydroxyl groups is 2. The number of hydrogen-bond acceptors (Lipinski definition) is 6. The van der Waals surface area contributed by atoms with E-state index >= 15 is 0 Å². The molecule has 0 saturated carbocycles. The minimum absolute atomic E-state index is 0.0955. The number of amides is 1. The highest BCUT2D eigenvalue weighted by atomic mass is 19.1. The molecule has 2 aromatic rings. The van der Waals surface area contributed by atoms with Crippen LogP contribution < -0.4 is 10.6 Å². The summed E-state index contributed by atoms with van der Waals surface area (Å²) in [5.74, 6) is -1.75. The normalized spacial score (nSPS) is 22.6. The van der Waals surface area contributed by atoms with Gasteiger partial charge in [-0.1, -0.05) is 6.07 Å². The van der Waals surface area contributed by atoms with E-state index in [0.29, 0.717) is 12.0 Å². The van der Waals surface area contributed by atoms with Crippen molar-refractivity contribution in [2.75, 3.05) is 31.5 Å². The lowest BCUT2D eigenvalue weighted by Gasteiger charge is -2.44. The maximum atomic E-state index is 13.4. The maximum Gasteiger partial charge on any atom is 0.246 e. The number of piperidine rings is 2. The van der Waals surface area contributed by atoms with Crippen LogP contribution in [-0.2, 0) is 10.2 Å². The summed E-state index contributed by atoms with van der Waals surface area (Å²) in [7, 11) is 0. The smallest absolute Gasteiger partial charge is 0.246 e. The second kappa shape index (κ2) is 10.4. The van der Waals surface area contributed by atoms with E-state index in [1.54, 1.807) is 4.90 Å². The number of carbonyl (C=O) groups is 1. The zero-order chi connectivity index (χ0) is 26.9. The van der Waals surface area contributed by atoms with Gasteiger partial charge in [-0.05, 0) is 86.7 Å². The van der Waals surface area contributed by atoms with Crippen LogP contribution >= 0.6 is 0 Å². The van der Waals surface area contributed by atoms with Crippen molar-refractivity contribution in [2.24, 2.45) is 0 Å². The van der Waals surface area contributed by atoms with Crippen LogP contribution in [0.25, 0.3) is 6.08 Å². The van der Waals surface area contributed by atoms with Gasteiger partial charge in [0.25, 0.3) is 0 Å². The number of halogens is 2. The standard InChI is InChI=1S/C29H32F2N4O3/c30-21-13-19(14-22(31)16-21)2-4-27(37)35-11-7-29(38,8-12-35)26(36)17-25-28(5-9-33-10-6-28)23-3-1-20(18-32)15-24(23)34-25/h1-4,13-16,25-26,33-34,36,38H,5-12,17H2/t25?,26-/m1/s1. The third-order valence-corrected chi connectivity index (χ3v) is 8.50. The zero-order valence-corrected chi connectivity index (χ0v) is 21.1. The molecule has 0 bridgehead atoms. The van der Waals surface area contributed by atoms with E-state index < -0.39 is 23.3 Å². The Hall–Kier alpha value is -3.32. The first-order valence-corrected chi connectivity index (χ1v) is 13.1. The van der Waals surface area contributed by atoms with Gasteiger partial charge in [-0.3, -0.25) is 4.79 Å². The summed E-state index contributed by atoms with van der Waals surface area (Å²) in [4.78, 5) is 14.2. The Morgan fingerprint density at radius 3 is 2.47 bits per heavy atom. The van der Waals surface area contributed by atoms with E-state index in [1.807, 2.05) is 18.2 Å². The van der Waals surface area contributed by atoms with Gasteiger partial charge in [0.05, 0.1) is 23.3 Å². The lowest BCUT2D eigenvalue weighted by molar-refractivity contribution is -0.139. The van der Waals surface area contributed by atoms with Crippen molar-refractivity contribution in [1.29, 1.82) is 5.26 Å². The Labute approximate surface area is 220 Å². The Bertz CT molecular complexity index is 1260. The first-order valence-electron chi connectivity index (χ1n) is 13.1. The molecule has 3 aliphatic rings. The summed E-state index contributed by atoms with van der Waals surface area (Å²) < 4.78 is 26.8. The largest absolute Gasteiger partial charge is 0.390 e. The number of carbonyl (C=O) groups excluding carboxylic acids is 1. The van der Waals surface area contributed by atoms with E-state index in [4.69, 9.17) is 0 Å². The summed E-state index contributed by atoms with van der Waals surface area (Å²) in [5, 5.41) is 38.9. The molecule has 2 atom stereocenters. The highest BCUT2D eigenvalue weighted by Gasteiger charge is 2.50. The first-order chi connectivity index (χ1) is 18.2. The Morgan fingerprint density at radius 1 is 1.13 bits per heavy atom. The van der Waals surface area contributed by atoms with Crippen LogP contribution in [0, 0.1) is 23.0 Å². The second-order valence-electron chi connectivity index (χ2n) is 10.7. The number of aliphatic hydroxyl groups excluding tert-OH is 1. The van der Waals surface area contributed by atoms with Crippen LogP contribution in [0.4, 0.5) is 14.5 Å². The van der Waals surface area contributed by atoms with E-state index in [1.165, 1.54) is 12.2 Å². The molecule has 38 heavy (non-hydrogen) atoms. The van der Waals surface area contributed by atoms with E-state index in [0.717, 1.165) is 55.4 Å². The van der Waals surface area contributed by atoms with Crippen molar-refractivity contribution in [3.05, 3.63) is 70.8 Å². The van der Waals surface area contributed by atoms with Gasteiger partial charge >= 0.3 is 0 Å². The highest BCUT2D eigenvalue weighted by molar-refractivity contribution is 5.91. The summed E-state index contributed by atoms with van der Waals surface area (Å²) in [6.45, 7) is 2.22. The summed E-state index contributed by atoms with van der Waals surface area (Å²) in [5.41, 5.74) is 1.37. The predicted molar refractivity (Wildman–Crippen MR) is 139 cm³/mol. The Balaban J connectivity index is 1.24. The van der Waals surface area contributed by atoms with E-state index in [2.05, 4.69) is 16.7 Å². The molecule has 3 heterocycles. The van der Waals surface area contributed by atoms with Crippen molar-refractivity contribution in [2.45, 2.75) is 55.3 Å². The van der Waals surface area contributed by atoms with Gasteiger partial charge in [0.15, 0.2) is 0 Å². The molecule has 2 aromatic carbocycles. The van der Waals surface area contributed by atoms with Gasteiger partial charge < -0.3 is 25.7 Å². The molecule has 0 aliphatic carbocycles. The van der Waals surface area contributed by atoms with Crippen LogP contribution in [0.2, 0.25) is 0 Å². The molecule has 3 aliphatic heterocycles. The zero-order valence-electron chi connectivity index (χ0n) is 21.1. The maximum absolute atomic E-state index is 13.4. The predicted octanol–water partition coefficient (Wildman–Crippen LogP) is 3.07. The summed E-state index contributed by atoms with van der Waals surface area (Å²) in [6, 6.07) is 10.9. The molecule has 7 nitrogen and oxygen atoms in total. The van der Waals surface area contributed by atoms with Crippen LogP contribution in [0.15, 0.2) is 42.5 Å². The van der Waals surface area contributed by atoms with Crippen molar-refractivity contribution in [1.82, 2.24) is 10.2 Å². The third kappa shape index (κ3) is 5.04. The molecule has 4 N–H and O–H groups in total. The number of likely N-dealkylation sites (tertiary alicyclic amines) is 1. The molecule has 1 unspecified atom stereocenters. The summed E-state index contributed by atoms with van der Waals surface area (Å²) >= 11 is 0. The Kier molecular flexibility index (Phi) is 7.23. The Morgan fingerprint density at radius 2 is 1.82 bits per heavy atom. The van der Waals surface area contributed by atoms with Gasteiger partial charge in [0.1, 0.15) is 11.6 Å². The van der Waals surface area contributed by atoms with Crippen molar-refractivity contribution in [3.8, 4) is 6.07 Å². The SMILES string of the molecule is N#Cc1ccc2c(c1)NC(C[C@@H](O)C1(O)CCN(C(=O)C=Cc3cc(F)cc(F)c3)CC1)C21CCNCC1. The highest BCUT2D eigenvalue weighted by Crippen LogP contribution is 2.49. The minimum Gasteiger partial charge on any atom is -0.390 e. The van der Waals surface area contributed by atoms with Gasteiger partial charge in [-0.2, -0.15) is 5.26 Å². The third-order valence-electron chi connectivity index (χ3n) is 8.50. The lowest BCUT2D eigenvalue weighted by Crippen LogP contribution is -2.55. The molecule has 1 amide bonds. The average molecular weight is 523 g/mol. The molecule has 0 radical (unpaired) electrons. The van der Waals surface area contributed by atoms with Crippen molar-refractivity contribution < 1.29 is 23.8 Å². The van der Waals surface area contributed by atoms with Crippen LogP contribution in [0.1, 0.15) is 48.8 Å². The molecular weight excluding hydrogens is 490 g/mol. The van der Waals surface area contributed by atoms with E-state index in [-0.39, 0.29) is 48.9 Å². The molecule has 2 saturated heterocycles. The monoisotopic (exact) mass is 522 g/mol. The fraction of sp³-hybridized carbons (Fsp3) is 0.448. The number of nitrogens with zero attached hydrogens (tertiary/aromatic N) is 2. The van der Waals surface area contributed by atoms with Crippen molar-refractivity contribution in [3.63, 3.8) is 0 Å². The molecular formula is C29H32F2N4O3. The number of nitriles is 1. The topological polar surface area (TPSA) is 109 Å². The van der Waals surface area contributed by atoms with Gasteiger partial charge in [-0.25, -0.2) is 8.78 Å². The number of hydrogen-bond donors (Lipinski definition) is 4. The molecule has 2 fully saturated rings. The molecule has 0 aromatic heterocycles. The van der Waals surface area contributed by atoms with Gasteiger partial charge in [0, 0.05) is 42.4 Å². The fourth-order valence-corrected chi connectivity index (χ4v) is 6.29. The minimum atomic E-state index is -1.34. The fourth-order valence-electron chi connectivity index (χ4n) is 6.29. The number of fused-ring (bicyclic) bond motifs is 2. The second-order valence-corrected chi connectivity index (χ2v) is 10.7. The lowest BCUT2D eigenvalue weighted by atomic mass is 9.67. The molecule has 200 valence electrons. The molecule has 5 rings (SSSR count). The van der Waals surface area contributed by atoms with Crippen molar-refractivity contribution >= 4 is 17.7 Å².